The van der Waals surface area contributed by atoms with Gasteiger partial charge in [0.05, 0.1) is 19.8 Å². The Bertz CT molecular complexity index is 391. The fourth-order valence-corrected chi connectivity index (χ4v) is 3.50. The van der Waals surface area contributed by atoms with E-state index in [0.717, 1.165) is 70.8 Å². The first-order chi connectivity index (χ1) is 12.7. The molecular formula is C20H40N4O2. The SMILES string of the molecule is CCNC(=NCC(C)N1CCC(C)CC1)NCCCOCC1CCOC1. The second-order valence-corrected chi connectivity index (χ2v) is 7.87. The summed E-state index contributed by atoms with van der Waals surface area (Å²) in [5.41, 5.74) is 0. The van der Waals surface area contributed by atoms with E-state index in [0.29, 0.717) is 12.0 Å². The molecule has 0 saturated carbocycles. The van der Waals surface area contributed by atoms with Gasteiger partial charge >= 0.3 is 0 Å². The van der Waals surface area contributed by atoms with Gasteiger partial charge in [-0.1, -0.05) is 6.92 Å². The van der Waals surface area contributed by atoms with Gasteiger partial charge in [-0.15, -0.1) is 0 Å². The van der Waals surface area contributed by atoms with Crippen LogP contribution in [0.25, 0.3) is 0 Å². The van der Waals surface area contributed by atoms with Crippen LogP contribution >= 0.6 is 0 Å². The van der Waals surface area contributed by atoms with Gasteiger partial charge in [-0.3, -0.25) is 9.89 Å². The summed E-state index contributed by atoms with van der Waals surface area (Å²) in [6.45, 7) is 15.2. The lowest BCUT2D eigenvalue weighted by Crippen LogP contribution is -2.43. The number of aliphatic imine (C=N–C) groups is 1. The number of rotatable bonds is 10. The topological polar surface area (TPSA) is 58.1 Å². The van der Waals surface area contributed by atoms with E-state index in [1.54, 1.807) is 0 Å². The maximum Gasteiger partial charge on any atom is 0.191 e. The summed E-state index contributed by atoms with van der Waals surface area (Å²) in [7, 11) is 0. The van der Waals surface area contributed by atoms with E-state index < -0.39 is 0 Å². The van der Waals surface area contributed by atoms with E-state index >= 15 is 0 Å². The predicted octanol–water partition coefficient (Wildman–Crippen LogP) is 2.11. The minimum Gasteiger partial charge on any atom is -0.381 e. The minimum absolute atomic E-state index is 0.509. The standard InChI is InChI=1S/C20H40N4O2/c1-4-21-20(22-9-5-12-25-15-19-8-13-26-16-19)23-14-18(3)24-10-6-17(2)7-11-24/h17-19H,4-16H2,1-3H3,(H2,21,22,23). The molecule has 2 heterocycles. The molecule has 0 spiro atoms. The molecule has 2 unspecified atom stereocenters. The van der Waals surface area contributed by atoms with Crippen molar-refractivity contribution in [2.24, 2.45) is 16.8 Å². The molecule has 0 aliphatic carbocycles. The number of piperidine rings is 1. The smallest absolute Gasteiger partial charge is 0.191 e. The van der Waals surface area contributed by atoms with Crippen LogP contribution in [0.1, 0.15) is 46.5 Å². The summed E-state index contributed by atoms with van der Waals surface area (Å²) >= 11 is 0. The first-order valence-corrected chi connectivity index (χ1v) is 10.6. The van der Waals surface area contributed by atoms with E-state index in [4.69, 9.17) is 14.5 Å². The van der Waals surface area contributed by atoms with Gasteiger partial charge < -0.3 is 20.1 Å². The molecule has 0 radical (unpaired) electrons. The molecule has 0 aromatic heterocycles. The maximum absolute atomic E-state index is 5.76. The van der Waals surface area contributed by atoms with Crippen LogP contribution in [0.3, 0.4) is 0 Å². The van der Waals surface area contributed by atoms with E-state index in [1.807, 2.05) is 0 Å². The van der Waals surface area contributed by atoms with Crippen LogP contribution in [0, 0.1) is 11.8 Å². The maximum atomic E-state index is 5.76. The Morgan fingerprint density at radius 2 is 2.08 bits per heavy atom. The molecule has 2 rings (SSSR count). The third-order valence-corrected chi connectivity index (χ3v) is 5.43. The zero-order chi connectivity index (χ0) is 18.6. The van der Waals surface area contributed by atoms with Gasteiger partial charge in [0, 0.05) is 38.3 Å². The highest BCUT2D eigenvalue weighted by atomic mass is 16.5. The molecule has 2 aliphatic heterocycles. The number of guanidine groups is 1. The van der Waals surface area contributed by atoms with Crippen LogP contribution in [0.4, 0.5) is 0 Å². The zero-order valence-corrected chi connectivity index (χ0v) is 17.1. The van der Waals surface area contributed by atoms with E-state index in [9.17, 15) is 0 Å². The summed E-state index contributed by atoms with van der Waals surface area (Å²) in [5.74, 6) is 2.40. The largest absolute Gasteiger partial charge is 0.381 e. The van der Waals surface area contributed by atoms with Crippen LogP contribution < -0.4 is 10.6 Å². The van der Waals surface area contributed by atoms with Crippen molar-refractivity contribution in [1.82, 2.24) is 15.5 Å². The molecule has 2 N–H and O–H groups in total. The average Bonchev–Trinajstić information content (AvgIpc) is 3.16. The van der Waals surface area contributed by atoms with Crippen LogP contribution in [0.2, 0.25) is 0 Å². The van der Waals surface area contributed by atoms with Crippen LogP contribution in [0.5, 0.6) is 0 Å². The predicted molar refractivity (Wildman–Crippen MR) is 108 cm³/mol. The van der Waals surface area contributed by atoms with Gasteiger partial charge in [0.15, 0.2) is 5.96 Å². The second kappa shape index (κ2) is 12.5. The summed E-state index contributed by atoms with van der Waals surface area (Å²) in [5, 5.41) is 6.78. The number of ether oxygens (including phenoxy) is 2. The van der Waals surface area contributed by atoms with Crippen molar-refractivity contribution in [3.63, 3.8) is 0 Å². The molecule has 2 saturated heterocycles. The van der Waals surface area contributed by atoms with E-state index in [-0.39, 0.29) is 0 Å². The molecular weight excluding hydrogens is 328 g/mol. The van der Waals surface area contributed by atoms with Crippen molar-refractivity contribution in [3.05, 3.63) is 0 Å². The molecule has 0 aromatic rings. The number of likely N-dealkylation sites (tertiary alicyclic amines) is 1. The van der Waals surface area contributed by atoms with Crippen molar-refractivity contribution in [3.8, 4) is 0 Å². The first-order valence-electron chi connectivity index (χ1n) is 10.6. The molecule has 6 heteroatoms. The van der Waals surface area contributed by atoms with Crippen molar-refractivity contribution < 1.29 is 9.47 Å². The highest BCUT2D eigenvalue weighted by molar-refractivity contribution is 5.79. The Hall–Kier alpha value is -0.850. The van der Waals surface area contributed by atoms with E-state index in [2.05, 4.69) is 36.3 Å². The number of hydrogen-bond acceptors (Lipinski definition) is 4. The zero-order valence-electron chi connectivity index (χ0n) is 17.1. The fourth-order valence-electron chi connectivity index (χ4n) is 3.50. The third kappa shape index (κ3) is 8.23. The van der Waals surface area contributed by atoms with Gasteiger partial charge in [-0.05, 0) is 58.5 Å². The van der Waals surface area contributed by atoms with Crippen LogP contribution in [0.15, 0.2) is 4.99 Å². The Morgan fingerprint density at radius 3 is 2.77 bits per heavy atom. The summed E-state index contributed by atoms with van der Waals surface area (Å²) in [6.07, 6.45) is 4.78. The molecule has 2 atom stereocenters. The third-order valence-electron chi connectivity index (χ3n) is 5.43. The Kier molecular flexibility index (Phi) is 10.3. The van der Waals surface area contributed by atoms with Gasteiger partial charge in [-0.2, -0.15) is 0 Å². The lowest BCUT2D eigenvalue weighted by atomic mass is 9.98. The first kappa shape index (κ1) is 21.5. The monoisotopic (exact) mass is 368 g/mol. The summed E-state index contributed by atoms with van der Waals surface area (Å²) < 4.78 is 11.1. The van der Waals surface area contributed by atoms with Gasteiger partial charge in [0.2, 0.25) is 0 Å². The summed E-state index contributed by atoms with van der Waals surface area (Å²) in [6, 6.07) is 0.509. The van der Waals surface area contributed by atoms with Gasteiger partial charge in [-0.25, -0.2) is 0 Å². The van der Waals surface area contributed by atoms with Crippen LogP contribution in [-0.4, -0.2) is 76.1 Å². The Labute approximate surface area is 160 Å². The molecule has 2 aliphatic rings. The fraction of sp³-hybridized carbons (Fsp3) is 0.950. The molecule has 0 aromatic carbocycles. The Balaban J connectivity index is 1.59. The lowest BCUT2D eigenvalue weighted by Gasteiger charge is -2.34. The molecule has 6 nitrogen and oxygen atoms in total. The molecule has 26 heavy (non-hydrogen) atoms. The number of hydrogen-bond donors (Lipinski definition) is 2. The van der Waals surface area contributed by atoms with Gasteiger partial charge in [0.1, 0.15) is 0 Å². The Morgan fingerprint density at radius 1 is 1.27 bits per heavy atom. The quantitative estimate of drug-likeness (QED) is 0.351. The highest BCUT2D eigenvalue weighted by Gasteiger charge is 2.20. The molecule has 0 amide bonds. The van der Waals surface area contributed by atoms with Crippen molar-refractivity contribution >= 4 is 5.96 Å². The normalized spacial score (nSPS) is 24.0. The molecule has 152 valence electrons. The van der Waals surface area contributed by atoms with Crippen LogP contribution in [-0.2, 0) is 9.47 Å². The summed E-state index contributed by atoms with van der Waals surface area (Å²) in [4.78, 5) is 7.36. The van der Waals surface area contributed by atoms with Crippen molar-refractivity contribution in [1.29, 1.82) is 0 Å². The van der Waals surface area contributed by atoms with Crippen molar-refractivity contribution in [2.75, 3.05) is 59.2 Å². The van der Waals surface area contributed by atoms with E-state index in [1.165, 1.54) is 25.9 Å². The van der Waals surface area contributed by atoms with Crippen molar-refractivity contribution in [2.45, 2.75) is 52.5 Å². The highest BCUT2D eigenvalue weighted by Crippen LogP contribution is 2.18. The van der Waals surface area contributed by atoms with Gasteiger partial charge in [0.25, 0.3) is 0 Å². The lowest BCUT2D eigenvalue weighted by molar-refractivity contribution is 0.0888. The molecule has 2 fully saturated rings. The average molecular weight is 369 g/mol. The minimum atomic E-state index is 0.509. The number of nitrogens with one attached hydrogen (secondary N) is 2. The molecule has 0 bridgehead atoms. The second-order valence-electron chi connectivity index (χ2n) is 7.87. The number of nitrogens with zero attached hydrogens (tertiary/aromatic N) is 2.